The van der Waals surface area contributed by atoms with E-state index in [0.717, 1.165) is 36.5 Å². The van der Waals surface area contributed by atoms with Crippen molar-refractivity contribution in [2.75, 3.05) is 12.3 Å². The van der Waals surface area contributed by atoms with Gasteiger partial charge in [0.25, 0.3) is 0 Å². The van der Waals surface area contributed by atoms with E-state index in [9.17, 15) is 9.18 Å². The average molecular weight is 307 g/mol. The molecule has 2 aliphatic heterocycles. The molecule has 4 heteroatoms. The first-order chi connectivity index (χ1) is 10.2. The largest absolute Gasteiger partial charge is 0.300 e. The number of carbonyl (C=O) groups excluding carboxylic acids is 1. The molecule has 0 N–H and O–H groups in total. The fourth-order valence-corrected chi connectivity index (χ4v) is 4.44. The standard InChI is InChI=1S/C17H22FNOS/c18-13-5-7-17(8-6-13)21-10-2-9-19-14-3-1-4-15(19)12-16(20)11-14/h5-8,14-15H,1-4,9-12H2. The predicted molar refractivity (Wildman–Crippen MR) is 84.1 cm³/mol. The molecule has 0 aromatic heterocycles. The van der Waals surface area contributed by atoms with Crippen molar-refractivity contribution in [2.24, 2.45) is 0 Å². The Morgan fingerprint density at radius 2 is 1.81 bits per heavy atom. The molecule has 2 bridgehead atoms. The van der Waals surface area contributed by atoms with Gasteiger partial charge in [-0.15, -0.1) is 11.8 Å². The zero-order valence-electron chi connectivity index (χ0n) is 12.3. The van der Waals surface area contributed by atoms with Crippen LogP contribution < -0.4 is 0 Å². The van der Waals surface area contributed by atoms with Gasteiger partial charge in [0, 0.05) is 29.8 Å². The van der Waals surface area contributed by atoms with Crippen LogP contribution in [0.25, 0.3) is 0 Å². The summed E-state index contributed by atoms with van der Waals surface area (Å²) in [6, 6.07) is 7.72. The molecule has 3 rings (SSSR count). The van der Waals surface area contributed by atoms with Crippen molar-refractivity contribution in [2.45, 2.75) is 55.5 Å². The summed E-state index contributed by atoms with van der Waals surface area (Å²) in [5, 5.41) is 0. The summed E-state index contributed by atoms with van der Waals surface area (Å²) in [7, 11) is 0. The number of fused-ring (bicyclic) bond motifs is 2. The Morgan fingerprint density at radius 1 is 1.14 bits per heavy atom. The molecule has 2 heterocycles. The molecule has 0 amide bonds. The summed E-state index contributed by atoms with van der Waals surface area (Å²) >= 11 is 1.79. The van der Waals surface area contributed by atoms with Gasteiger partial charge in [0.2, 0.25) is 0 Å². The van der Waals surface area contributed by atoms with Gasteiger partial charge in [-0.05, 0) is 55.8 Å². The summed E-state index contributed by atoms with van der Waals surface area (Å²) in [5.41, 5.74) is 0. The lowest BCUT2D eigenvalue weighted by atomic mass is 9.84. The minimum Gasteiger partial charge on any atom is -0.300 e. The van der Waals surface area contributed by atoms with E-state index < -0.39 is 0 Å². The number of ketones is 1. The molecule has 2 fully saturated rings. The molecular formula is C17H22FNOS. The topological polar surface area (TPSA) is 20.3 Å². The third kappa shape index (κ3) is 3.86. The summed E-state index contributed by atoms with van der Waals surface area (Å²) in [6.45, 7) is 1.09. The molecule has 2 atom stereocenters. The average Bonchev–Trinajstić information content (AvgIpc) is 2.46. The van der Waals surface area contributed by atoms with Crippen LogP contribution in [-0.2, 0) is 4.79 Å². The van der Waals surface area contributed by atoms with E-state index in [0.29, 0.717) is 17.9 Å². The number of piperidine rings is 2. The molecule has 2 aliphatic rings. The van der Waals surface area contributed by atoms with Crippen molar-refractivity contribution in [1.82, 2.24) is 4.90 Å². The van der Waals surface area contributed by atoms with Gasteiger partial charge in [-0.2, -0.15) is 0 Å². The molecule has 0 aliphatic carbocycles. The van der Waals surface area contributed by atoms with Gasteiger partial charge in [-0.1, -0.05) is 6.42 Å². The van der Waals surface area contributed by atoms with Crippen molar-refractivity contribution in [3.05, 3.63) is 30.1 Å². The first kappa shape index (κ1) is 15.0. The Hall–Kier alpha value is -0.870. The van der Waals surface area contributed by atoms with E-state index in [4.69, 9.17) is 0 Å². The third-order valence-electron chi connectivity index (χ3n) is 4.58. The van der Waals surface area contributed by atoms with Crippen molar-refractivity contribution < 1.29 is 9.18 Å². The normalized spacial score (nSPS) is 26.0. The molecule has 21 heavy (non-hydrogen) atoms. The van der Waals surface area contributed by atoms with Crippen LogP contribution in [0.15, 0.2) is 29.2 Å². The Morgan fingerprint density at radius 3 is 2.48 bits per heavy atom. The second-order valence-corrected chi connectivity index (χ2v) is 7.25. The number of carbonyl (C=O) groups is 1. The van der Waals surface area contributed by atoms with Crippen LogP contribution in [-0.4, -0.2) is 35.1 Å². The van der Waals surface area contributed by atoms with Crippen molar-refractivity contribution >= 4 is 17.5 Å². The number of Topliss-reactive ketones (excluding diaryl/α,β-unsaturated/α-hetero) is 1. The highest BCUT2D eigenvalue weighted by Crippen LogP contribution is 2.32. The number of nitrogens with zero attached hydrogens (tertiary/aromatic N) is 1. The van der Waals surface area contributed by atoms with Crippen molar-refractivity contribution in [3.8, 4) is 0 Å². The second kappa shape index (κ2) is 6.93. The van der Waals surface area contributed by atoms with Crippen LogP contribution in [0.5, 0.6) is 0 Å². The lowest BCUT2D eigenvalue weighted by molar-refractivity contribution is -0.127. The van der Waals surface area contributed by atoms with Crippen LogP contribution in [0, 0.1) is 5.82 Å². The smallest absolute Gasteiger partial charge is 0.136 e. The van der Waals surface area contributed by atoms with Crippen molar-refractivity contribution in [1.29, 1.82) is 0 Å². The van der Waals surface area contributed by atoms with Gasteiger partial charge in [0.05, 0.1) is 0 Å². The lowest BCUT2D eigenvalue weighted by Crippen LogP contribution is -2.52. The predicted octanol–water partition coefficient (Wildman–Crippen LogP) is 3.89. The fourth-order valence-electron chi connectivity index (χ4n) is 3.60. The summed E-state index contributed by atoms with van der Waals surface area (Å²) in [6.07, 6.45) is 6.32. The van der Waals surface area contributed by atoms with Crippen LogP contribution >= 0.6 is 11.8 Å². The molecule has 1 aromatic carbocycles. The molecule has 2 unspecified atom stereocenters. The summed E-state index contributed by atoms with van der Waals surface area (Å²) in [4.78, 5) is 15.4. The second-order valence-electron chi connectivity index (χ2n) is 6.08. The van der Waals surface area contributed by atoms with Crippen LogP contribution in [0.1, 0.15) is 38.5 Å². The van der Waals surface area contributed by atoms with E-state index in [1.165, 1.54) is 31.4 Å². The number of halogens is 1. The molecule has 0 saturated carbocycles. The van der Waals surface area contributed by atoms with Gasteiger partial charge in [-0.3, -0.25) is 9.69 Å². The Balaban J connectivity index is 1.45. The molecular weight excluding hydrogens is 285 g/mol. The highest BCUT2D eigenvalue weighted by Gasteiger charge is 2.36. The fraction of sp³-hybridized carbons (Fsp3) is 0.588. The maximum atomic E-state index is 12.8. The minimum absolute atomic E-state index is 0.176. The number of thioether (sulfide) groups is 1. The minimum atomic E-state index is -0.176. The molecule has 2 nitrogen and oxygen atoms in total. The van der Waals surface area contributed by atoms with Crippen LogP contribution in [0.3, 0.4) is 0 Å². The molecule has 2 saturated heterocycles. The number of hydrogen-bond acceptors (Lipinski definition) is 3. The van der Waals surface area contributed by atoms with E-state index in [-0.39, 0.29) is 5.82 Å². The number of rotatable bonds is 5. The van der Waals surface area contributed by atoms with Gasteiger partial charge >= 0.3 is 0 Å². The van der Waals surface area contributed by atoms with Gasteiger partial charge in [0.1, 0.15) is 11.6 Å². The third-order valence-corrected chi connectivity index (χ3v) is 5.68. The molecule has 0 radical (unpaired) electrons. The first-order valence-corrected chi connectivity index (χ1v) is 8.87. The summed E-state index contributed by atoms with van der Waals surface area (Å²) in [5.74, 6) is 1.34. The Bertz CT molecular complexity index is 474. The first-order valence-electron chi connectivity index (χ1n) is 7.88. The maximum Gasteiger partial charge on any atom is 0.136 e. The van der Waals surface area contributed by atoms with Gasteiger partial charge in [-0.25, -0.2) is 4.39 Å². The summed E-state index contributed by atoms with van der Waals surface area (Å²) < 4.78 is 12.8. The monoisotopic (exact) mass is 307 g/mol. The molecule has 1 aromatic rings. The zero-order valence-corrected chi connectivity index (χ0v) is 13.1. The van der Waals surface area contributed by atoms with Crippen LogP contribution in [0.4, 0.5) is 4.39 Å². The highest BCUT2D eigenvalue weighted by molar-refractivity contribution is 7.99. The lowest BCUT2D eigenvalue weighted by Gasteiger charge is -2.45. The van der Waals surface area contributed by atoms with Crippen LogP contribution in [0.2, 0.25) is 0 Å². The Kier molecular flexibility index (Phi) is 4.96. The zero-order chi connectivity index (χ0) is 14.7. The highest BCUT2D eigenvalue weighted by atomic mass is 32.2. The maximum absolute atomic E-state index is 12.8. The SMILES string of the molecule is O=C1CC2CCCC(C1)N2CCCSc1ccc(F)cc1. The van der Waals surface area contributed by atoms with Gasteiger partial charge in [0.15, 0.2) is 0 Å². The quantitative estimate of drug-likeness (QED) is 0.608. The van der Waals surface area contributed by atoms with Crippen molar-refractivity contribution in [3.63, 3.8) is 0 Å². The van der Waals surface area contributed by atoms with E-state index in [1.807, 2.05) is 12.1 Å². The Labute approximate surface area is 130 Å². The van der Waals surface area contributed by atoms with Gasteiger partial charge < -0.3 is 0 Å². The molecule has 114 valence electrons. The van der Waals surface area contributed by atoms with E-state index in [2.05, 4.69) is 4.90 Å². The van der Waals surface area contributed by atoms with E-state index >= 15 is 0 Å². The van der Waals surface area contributed by atoms with E-state index in [1.54, 1.807) is 11.8 Å². The molecule has 0 spiro atoms. The number of hydrogen-bond donors (Lipinski definition) is 0. The number of benzene rings is 1.